The lowest BCUT2D eigenvalue weighted by Crippen LogP contribution is -2.36. The molecule has 0 bridgehead atoms. The van der Waals surface area contributed by atoms with E-state index >= 15 is 0 Å². The average molecular weight is 388 g/mol. The van der Waals surface area contributed by atoms with E-state index in [1.54, 1.807) is 18.1 Å². The van der Waals surface area contributed by atoms with Gasteiger partial charge in [0.15, 0.2) is 0 Å². The van der Waals surface area contributed by atoms with Crippen LogP contribution in [0, 0.1) is 0 Å². The summed E-state index contributed by atoms with van der Waals surface area (Å²) >= 11 is 0. The number of carbonyl (C=O) groups excluding carboxylic acids is 1. The average Bonchev–Trinajstić information content (AvgIpc) is 3.27. The second-order valence-corrected chi connectivity index (χ2v) is 7.89. The third-order valence-corrected chi connectivity index (χ3v) is 4.44. The molecule has 3 rings (SSSR count). The number of aromatic amines is 1. The normalized spacial score (nSPS) is 17.0. The highest BCUT2D eigenvalue weighted by atomic mass is 16.6. The first kappa shape index (κ1) is 20.0. The van der Waals surface area contributed by atoms with E-state index in [9.17, 15) is 4.79 Å². The van der Waals surface area contributed by atoms with Crippen LogP contribution in [0.15, 0.2) is 24.3 Å². The van der Waals surface area contributed by atoms with Gasteiger partial charge in [0.05, 0.1) is 32.1 Å². The minimum atomic E-state index is -0.492. The van der Waals surface area contributed by atoms with Gasteiger partial charge in [-0.3, -0.25) is 5.10 Å². The van der Waals surface area contributed by atoms with Crippen LogP contribution in [0.5, 0.6) is 5.75 Å². The van der Waals surface area contributed by atoms with Crippen molar-refractivity contribution in [2.45, 2.75) is 45.5 Å². The Kier molecular flexibility index (Phi) is 5.79. The summed E-state index contributed by atoms with van der Waals surface area (Å²) in [5.74, 6) is 1.15. The number of nitrogens with two attached hydrogens (primary N) is 1. The summed E-state index contributed by atoms with van der Waals surface area (Å²) in [5, 5.41) is 6.84. The molecule has 0 radical (unpaired) electrons. The molecule has 0 unspecified atom stereocenters. The van der Waals surface area contributed by atoms with Gasteiger partial charge in [0, 0.05) is 18.2 Å². The number of methoxy groups -OCH3 is 1. The van der Waals surface area contributed by atoms with E-state index in [1.807, 2.05) is 39.0 Å². The molecule has 2 aromatic rings. The zero-order valence-corrected chi connectivity index (χ0v) is 16.8. The molecule has 1 saturated heterocycles. The molecular weight excluding hydrogens is 360 g/mol. The van der Waals surface area contributed by atoms with E-state index in [0.717, 1.165) is 23.2 Å². The van der Waals surface area contributed by atoms with Gasteiger partial charge in [-0.2, -0.15) is 5.10 Å². The predicted octanol–water partition coefficient (Wildman–Crippen LogP) is 3.19. The number of benzene rings is 1. The third-order valence-electron chi connectivity index (χ3n) is 4.44. The zero-order chi connectivity index (χ0) is 20.3. The maximum absolute atomic E-state index is 12.2. The second kappa shape index (κ2) is 8.10. The largest absolute Gasteiger partial charge is 0.496 e. The highest BCUT2D eigenvalue weighted by molar-refractivity contribution is 5.69. The molecule has 0 aliphatic carbocycles. The molecule has 1 aliphatic rings. The summed E-state index contributed by atoms with van der Waals surface area (Å²) in [7, 11) is 1.62. The number of carbonyl (C=O) groups is 1. The SMILES string of the molecule is COc1cc(CO[C@@H]2CCN(C(=O)OC(C)(C)C)C2)ccc1-c1cc(N)n[nH]1. The standard InChI is InChI=1S/C20H28N4O4/c1-20(2,3)28-19(25)24-8-7-14(11-24)27-12-13-5-6-15(17(9-13)26-4)16-10-18(21)23-22-16/h5-6,9-10,14H,7-8,11-12H2,1-4H3,(H3,21,22,23)/t14-/m1/s1. The van der Waals surface area contributed by atoms with Crippen LogP contribution >= 0.6 is 0 Å². The number of hydrogen-bond acceptors (Lipinski definition) is 6. The van der Waals surface area contributed by atoms with Crippen molar-refractivity contribution >= 4 is 11.9 Å². The zero-order valence-electron chi connectivity index (χ0n) is 16.8. The number of amides is 1. The number of nitrogens with zero attached hydrogens (tertiary/aromatic N) is 2. The van der Waals surface area contributed by atoms with E-state index in [0.29, 0.717) is 31.3 Å². The quantitative estimate of drug-likeness (QED) is 0.815. The highest BCUT2D eigenvalue weighted by Crippen LogP contribution is 2.31. The molecule has 1 aromatic carbocycles. The number of nitrogens with one attached hydrogen (secondary N) is 1. The van der Waals surface area contributed by atoms with Crippen LogP contribution < -0.4 is 10.5 Å². The van der Waals surface area contributed by atoms with Gasteiger partial charge in [-0.15, -0.1) is 0 Å². The first-order valence-electron chi connectivity index (χ1n) is 9.33. The van der Waals surface area contributed by atoms with E-state index < -0.39 is 5.60 Å². The Morgan fingerprint density at radius 1 is 1.36 bits per heavy atom. The summed E-state index contributed by atoms with van der Waals surface area (Å²) in [5.41, 5.74) is 7.86. The van der Waals surface area contributed by atoms with Gasteiger partial charge in [-0.1, -0.05) is 6.07 Å². The smallest absolute Gasteiger partial charge is 0.410 e. The fraction of sp³-hybridized carbons (Fsp3) is 0.500. The molecular formula is C20H28N4O4. The first-order valence-corrected chi connectivity index (χ1v) is 9.33. The van der Waals surface area contributed by atoms with Crippen LogP contribution in [0.4, 0.5) is 10.6 Å². The summed E-state index contributed by atoms with van der Waals surface area (Å²) < 4.78 is 16.9. The van der Waals surface area contributed by atoms with Gasteiger partial charge >= 0.3 is 6.09 Å². The van der Waals surface area contributed by atoms with Gasteiger partial charge in [0.1, 0.15) is 17.2 Å². The Bertz CT molecular complexity index is 828. The number of nitrogen functional groups attached to an aromatic ring is 1. The molecule has 152 valence electrons. The van der Waals surface area contributed by atoms with Crippen LogP contribution in [0.2, 0.25) is 0 Å². The number of H-pyrrole nitrogens is 1. The Morgan fingerprint density at radius 2 is 2.14 bits per heavy atom. The Morgan fingerprint density at radius 3 is 2.79 bits per heavy atom. The highest BCUT2D eigenvalue weighted by Gasteiger charge is 2.30. The van der Waals surface area contributed by atoms with Crippen molar-refractivity contribution in [1.82, 2.24) is 15.1 Å². The van der Waals surface area contributed by atoms with Crippen molar-refractivity contribution in [3.05, 3.63) is 29.8 Å². The van der Waals surface area contributed by atoms with E-state index in [2.05, 4.69) is 10.2 Å². The van der Waals surface area contributed by atoms with Crippen molar-refractivity contribution < 1.29 is 19.0 Å². The fourth-order valence-electron chi connectivity index (χ4n) is 3.09. The van der Waals surface area contributed by atoms with E-state index in [4.69, 9.17) is 19.9 Å². The van der Waals surface area contributed by atoms with Crippen LogP contribution in [-0.2, 0) is 16.1 Å². The summed E-state index contributed by atoms with van der Waals surface area (Å²) in [6.45, 7) is 7.21. The van der Waals surface area contributed by atoms with Crippen molar-refractivity contribution in [3.63, 3.8) is 0 Å². The van der Waals surface area contributed by atoms with Crippen LogP contribution in [0.3, 0.4) is 0 Å². The second-order valence-electron chi connectivity index (χ2n) is 7.89. The maximum Gasteiger partial charge on any atom is 0.410 e. The van der Waals surface area contributed by atoms with Gasteiger partial charge in [-0.05, 0) is 44.9 Å². The molecule has 1 fully saturated rings. The third kappa shape index (κ3) is 4.95. The molecule has 1 amide bonds. The maximum atomic E-state index is 12.2. The van der Waals surface area contributed by atoms with E-state index in [1.165, 1.54) is 0 Å². The first-order chi connectivity index (χ1) is 13.2. The molecule has 8 heteroatoms. The molecule has 1 aliphatic heterocycles. The number of anilines is 1. The van der Waals surface area contributed by atoms with Gasteiger partial charge in [0.25, 0.3) is 0 Å². The molecule has 8 nitrogen and oxygen atoms in total. The Labute approximate surface area is 164 Å². The monoisotopic (exact) mass is 388 g/mol. The lowest BCUT2D eigenvalue weighted by atomic mass is 10.1. The summed E-state index contributed by atoms with van der Waals surface area (Å²) in [4.78, 5) is 13.8. The minimum absolute atomic E-state index is 0.00871. The van der Waals surface area contributed by atoms with E-state index in [-0.39, 0.29) is 12.2 Å². The van der Waals surface area contributed by atoms with Crippen molar-refractivity contribution in [1.29, 1.82) is 0 Å². The number of hydrogen-bond donors (Lipinski definition) is 2. The van der Waals surface area contributed by atoms with Crippen LogP contribution in [0.25, 0.3) is 11.3 Å². The van der Waals surface area contributed by atoms with Crippen molar-refractivity contribution in [3.8, 4) is 17.0 Å². The summed E-state index contributed by atoms with van der Waals surface area (Å²) in [6, 6.07) is 7.63. The van der Waals surface area contributed by atoms with Crippen molar-refractivity contribution in [2.75, 3.05) is 25.9 Å². The van der Waals surface area contributed by atoms with Gasteiger partial charge in [0.2, 0.25) is 0 Å². The molecule has 0 spiro atoms. The van der Waals surface area contributed by atoms with Crippen molar-refractivity contribution in [2.24, 2.45) is 0 Å². The fourth-order valence-corrected chi connectivity index (χ4v) is 3.09. The summed E-state index contributed by atoms with van der Waals surface area (Å²) in [6.07, 6.45) is 0.496. The van der Waals surface area contributed by atoms with Gasteiger partial charge in [-0.25, -0.2) is 4.79 Å². The Balaban J connectivity index is 1.57. The van der Waals surface area contributed by atoms with Crippen LogP contribution in [-0.4, -0.2) is 53.1 Å². The molecule has 28 heavy (non-hydrogen) atoms. The number of rotatable bonds is 5. The minimum Gasteiger partial charge on any atom is -0.496 e. The number of ether oxygens (including phenoxy) is 3. The lowest BCUT2D eigenvalue weighted by molar-refractivity contribution is 0.0184. The molecule has 0 saturated carbocycles. The number of likely N-dealkylation sites (tertiary alicyclic amines) is 1. The Hall–Kier alpha value is -2.74. The predicted molar refractivity (Wildman–Crippen MR) is 106 cm³/mol. The molecule has 1 atom stereocenters. The molecule has 1 aromatic heterocycles. The number of aromatic nitrogens is 2. The van der Waals surface area contributed by atoms with Crippen LogP contribution in [0.1, 0.15) is 32.8 Å². The molecule has 3 N–H and O–H groups in total. The van der Waals surface area contributed by atoms with Gasteiger partial charge < -0.3 is 24.8 Å². The lowest BCUT2D eigenvalue weighted by Gasteiger charge is -2.24. The molecule has 2 heterocycles. The topological polar surface area (TPSA) is 103 Å².